The minimum Gasteiger partial charge on any atom is -0.365 e. The largest absolute Gasteiger partial charge is 0.365 e. The first-order chi connectivity index (χ1) is 23.3. The Kier molecular flexibility index (Phi) is 8.81. The standard InChI is InChI=1S/C34H34F2N8O4S/c1-6-42(17-16-40(3)4)29-18-26(36)27(19-30(29)44(45)46)37-34-38-32(24-20-41(5)28-9-7-8-25(35)31(24)28)23-14-15-43(33(23)39-34)49(47,48)22-12-10-21(2)11-13-22/h7-15,18-20H,6,16-17H2,1-5H3,(H,37,38,39). The maximum absolute atomic E-state index is 15.8. The molecule has 0 fully saturated rings. The average molecular weight is 689 g/mol. The van der Waals surface area contributed by atoms with Gasteiger partial charge in [-0.3, -0.25) is 10.1 Å². The van der Waals surface area contributed by atoms with Crippen molar-refractivity contribution in [1.29, 1.82) is 0 Å². The highest BCUT2D eigenvalue weighted by molar-refractivity contribution is 7.90. The molecular weight excluding hydrogens is 654 g/mol. The summed E-state index contributed by atoms with van der Waals surface area (Å²) in [7, 11) is 1.30. The lowest BCUT2D eigenvalue weighted by atomic mass is 10.1. The summed E-state index contributed by atoms with van der Waals surface area (Å²) in [4.78, 5) is 24.4. The molecule has 0 amide bonds. The number of fused-ring (bicyclic) bond motifs is 2. The lowest BCUT2D eigenvalue weighted by Crippen LogP contribution is -2.32. The fourth-order valence-electron chi connectivity index (χ4n) is 5.79. The maximum atomic E-state index is 15.8. The monoisotopic (exact) mass is 688 g/mol. The van der Waals surface area contributed by atoms with Crippen molar-refractivity contribution in [2.45, 2.75) is 18.7 Å². The zero-order chi connectivity index (χ0) is 35.2. The van der Waals surface area contributed by atoms with E-state index < -0.39 is 26.6 Å². The Morgan fingerprint density at radius 3 is 2.41 bits per heavy atom. The van der Waals surface area contributed by atoms with Crippen LogP contribution >= 0.6 is 0 Å². The van der Waals surface area contributed by atoms with Gasteiger partial charge in [0.1, 0.15) is 17.3 Å². The topological polar surface area (TPSA) is 131 Å². The molecule has 0 bridgehead atoms. The summed E-state index contributed by atoms with van der Waals surface area (Å²) in [6, 6.07) is 14.6. The predicted molar refractivity (Wildman–Crippen MR) is 186 cm³/mol. The van der Waals surface area contributed by atoms with Crippen LogP contribution in [0, 0.1) is 28.7 Å². The molecule has 3 aromatic carbocycles. The summed E-state index contributed by atoms with van der Waals surface area (Å²) in [5.74, 6) is -1.59. The van der Waals surface area contributed by atoms with E-state index in [4.69, 9.17) is 0 Å². The zero-order valence-corrected chi connectivity index (χ0v) is 28.3. The number of nitro groups is 1. The van der Waals surface area contributed by atoms with Gasteiger partial charge in [0.25, 0.3) is 15.7 Å². The molecule has 0 saturated heterocycles. The highest BCUT2D eigenvalue weighted by atomic mass is 32.2. The molecule has 1 N–H and O–H groups in total. The van der Waals surface area contributed by atoms with Crippen LogP contribution in [0.25, 0.3) is 33.2 Å². The number of nitrogens with one attached hydrogen (secondary N) is 1. The molecule has 0 atom stereocenters. The fourth-order valence-corrected chi connectivity index (χ4v) is 7.08. The van der Waals surface area contributed by atoms with Crippen molar-refractivity contribution >= 4 is 55.0 Å². The predicted octanol–water partition coefficient (Wildman–Crippen LogP) is 6.45. The van der Waals surface area contributed by atoms with Crippen LogP contribution in [0.2, 0.25) is 0 Å². The van der Waals surface area contributed by atoms with E-state index in [1.807, 2.05) is 32.8 Å². The van der Waals surface area contributed by atoms with Crippen molar-refractivity contribution in [3.63, 3.8) is 0 Å². The summed E-state index contributed by atoms with van der Waals surface area (Å²) in [6.07, 6.45) is 3.00. The fraction of sp³-hybridized carbons (Fsp3) is 0.235. The first-order valence-corrected chi connectivity index (χ1v) is 16.8. The van der Waals surface area contributed by atoms with Crippen LogP contribution in [0.1, 0.15) is 12.5 Å². The highest BCUT2D eigenvalue weighted by Crippen LogP contribution is 2.38. The second-order valence-corrected chi connectivity index (χ2v) is 13.8. The van der Waals surface area contributed by atoms with Gasteiger partial charge in [-0.2, -0.15) is 4.98 Å². The van der Waals surface area contributed by atoms with Crippen LogP contribution in [0.4, 0.5) is 31.8 Å². The van der Waals surface area contributed by atoms with Gasteiger partial charge >= 0.3 is 0 Å². The normalized spacial score (nSPS) is 11.9. The highest BCUT2D eigenvalue weighted by Gasteiger charge is 2.27. The number of aromatic nitrogens is 4. The molecule has 254 valence electrons. The van der Waals surface area contributed by atoms with Gasteiger partial charge in [0, 0.05) is 67.5 Å². The Bertz CT molecular complexity index is 2340. The third-order valence-electron chi connectivity index (χ3n) is 8.35. The molecule has 15 heteroatoms. The summed E-state index contributed by atoms with van der Waals surface area (Å²) in [5, 5.41) is 15.5. The molecule has 6 rings (SSSR count). The number of nitro benzene ring substituents is 1. The Morgan fingerprint density at radius 2 is 1.73 bits per heavy atom. The van der Waals surface area contributed by atoms with Crippen LogP contribution in [0.3, 0.4) is 0 Å². The van der Waals surface area contributed by atoms with Gasteiger partial charge in [-0.15, -0.1) is 0 Å². The third-order valence-corrected chi connectivity index (χ3v) is 10.0. The number of hydrogen-bond acceptors (Lipinski definition) is 9. The van der Waals surface area contributed by atoms with E-state index in [0.717, 1.165) is 21.7 Å². The number of benzene rings is 3. The molecule has 0 aliphatic carbocycles. The summed E-state index contributed by atoms with van der Waals surface area (Å²) in [6.45, 7) is 5.07. The van der Waals surface area contributed by atoms with E-state index in [0.29, 0.717) is 36.1 Å². The average Bonchev–Trinajstić information content (AvgIpc) is 3.64. The van der Waals surface area contributed by atoms with Crippen LogP contribution < -0.4 is 10.2 Å². The van der Waals surface area contributed by atoms with Gasteiger partial charge in [0.15, 0.2) is 5.65 Å². The molecule has 3 aromatic heterocycles. The van der Waals surface area contributed by atoms with Crippen molar-refractivity contribution in [2.75, 3.05) is 43.9 Å². The van der Waals surface area contributed by atoms with Gasteiger partial charge in [0.2, 0.25) is 5.95 Å². The van der Waals surface area contributed by atoms with E-state index in [1.165, 1.54) is 30.5 Å². The second kappa shape index (κ2) is 12.9. The number of nitrogens with zero attached hydrogens (tertiary/aromatic N) is 7. The Hall–Kier alpha value is -5.41. The minimum absolute atomic E-state index is 0.00785. The second-order valence-electron chi connectivity index (χ2n) is 11.9. The number of aryl methyl sites for hydroxylation is 2. The number of likely N-dealkylation sites (N-methyl/N-ethyl adjacent to an activating group) is 2. The lowest BCUT2D eigenvalue weighted by molar-refractivity contribution is -0.384. The maximum Gasteiger partial charge on any atom is 0.294 e. The molecule has 6 aromatic rings. The van der Waals surface area contributed by atoms with Gasteiger partial charge in [-0.05, 0) is 58.3 Å². The Labute approximate surface area is 281 Å². The summed E-state index contributed by atoms with van der Waals surface area (Å²) in [5.41, 5.74) is 1.36. The van der Waals surface area contributed by atoms with Gasteiger partial charge < -0.3 is 19.7 Å². The van der Waals surface area contributed by atoms with E-state index in [2.05, 4.69) is 15.3 Å². The van der Waals surface area contributed by atoms with Crippen LogP contribution in [0.15, 0.2) is 78.0 Å². The first-order valence-electron chi connectivity index (χ1n) is 15.4. The molecule has 0 unspecified atom stereocenters. The Balaban J connectivity index is 1.55. The smallest absolute Gasteiger partial charge is 0.294 e. The minimum atomic E-state index is -4.18. The van der Waals surface area contributed by atoms with E-state index in [1.54, 1.807) is 47.0 Å². The van der Waals surface area contributed by atoms with E-state index in [9.17, 15) is 18.5 Å². The molecule has 0 saturated carbocycles. The molecule has 0 spiro atoms. The molecule has 0 aliphatic rings. The summed E-state index contributed by atoms with van der Waals surface area (Å²) < 4.78 is 61.6. The number of anilines is 3. The molecule has 49 heavy (non-hydrogen) atoms. The molecule has 0 radical (unpaired) electrons. The van der Waals surface area contributed by atoms with Crippen molar-refractivity contribution in [3.8, 4) is 11.3 Å². The van der Waals surface area contributed by atoms with Gasteiger partial charge in [0.05, 0.1) is 26.7 Å². The number of rotatable bonds is 11. The van der Waals surface area contributed by atoms with Gasteiger partial charge in [-0.1, -0.05) is 23.8 Å². The van der Waals surface area contributed by atoms with Crippen molar-refractivity contribution in [3.05, 3.63) is 100 Å². The Morgan fingerprint density at radius 1 is 1.00 bits per heavy atom. The zero-order valence-electron chi connectivity index (χ0n) is 27.5. The van der Waals surface area contributed by atoms with Crippen LogP contribution in [-0.2, 0) is 17.1 Å². The van der Waals surface area contributed by atoms with Crippen molar-refractivity contribution in [2.24, 2.45) is 7.05 Å². The molecule has 3 heterocycles. The van der Waals surface area contributed by atoms with Crippen LogP contribution in [0.5, 0.6) is 0 Å². The van der Waals surface area contributed by atoms with Gasteiger partial charge in [-0.25, -0.2) is 26.2 Å². The number of halogens is 2. The quantitative estimate of drug-likeness (QED) is 0.120. The van der Waals surface area contributed by atoms with Crippen molar-refractivity contribution in [1.82, 2.24) is 23.4 Å². The van der Waals surface area contributed by atoms with Crippen LogP contribution in [-0.4, -0.2) is 70.5 Å². The number of hydrogen-bond donors (Lipinski definition) is 1. The van der Waals surface area contributed by atoms with E-state index >= 15 is 8.78 Å². The molecule has 12 nitrogen and oxygen atoms in total. The first kappa shape index (κ1) is 33.5. The third kappa shape index (κ3) is 6.18. The van der Waals surface area contributed by atoms with E-state index in [-0.39, 0.29) is 44.6 Å². The van der Waals surface area contributed by atoms with Crippen molar-refractivity contribution < 1.29 is 22.1 Å². The summed E-state index contributed by atoms with van der Waals surface area (Å²) >= 11 is 0. The molecular formula is C34H34F2N8O4S. The molecule has 0 aliphatic heterocycles. The lowest BCUT2D eigenvalue weighted by Gasteiger charge is -2.25. The SMILES string of the molecule is CCN(CCN(C)C)c1cc(F)c(Nc2nc(-c3cn(C)c4cccc(F)c34)c3ccn(S(=O)(=O)c4ccc(C)cc4)c3n2)cc1[N+](=O)[O-].